The third-order valence-electron chi connectivity index (χ3n) is 5.26. The molecule has 1 aromatic carbocycles. The number of amides is 1. The number of hydrogen-bond donors (Lipinski definition) is 2. The maximum atomic E-state index is 12.2. The summed E-state index contributed by atoms with van der Waals surface area (Å²) in [6.45, 7) is 2.84. The topological polar surface area (TPSA) is 85.8 Å². The number of carboxylic acids is 1. The van der Waals surface area contributed by atoms with E-state index in [4.69, 9.17) is 16.9 Å². The van der Waals surface area contributed by atoms with Gasteiger partial charge in [0.1, 0.15) is 0 Å². The lowest BCUT2D eigenvalue weighted by Gasteiger charge is -2.22. The summed E-state index contributed by atoms with van der Waals surface area (Å²) in [7, 11) is 0. The molecule has 2 N–H and O–H groups in total. The lowest BCUT2D eigenvalue weighted by atomic mass is 10.2. The van der Waals surface area contributed by atoms with Crippen molar-refractivity contribution < 1.29 is 14.7 Å². The molecule has 1 fully saturated rings. The number of carbonyl (C=O) groups excluding carboxylic acids is 1. The first-order chi connectivity index (χ1) is 15.0. The van der Waals surface area contributed by atoms with Crippen molar-refractivity contribution >= 4 is 23.7 Å². The molecule has 3 rings (SSSR count). The highest BCUT2D eigenvalue weighted by Gasteiger charge is 2.28. The van der Waals surface area contributed by atoms with E-state index >= 15 is 0 Å². The number of hydrogen-bond acceptors (Lipinski definition) is 5. The summed E-state index contributed by atoms with van der Waals surface area (Å²) in [6.07, 6.45) is 5.80. The third kappa shape index (κ3) is 7.94. The van der Waals surface area contributed by atoms with Crippen LogP contribution in [-0.2, 0) is 17.9 Å². The number of aromatic carboxylic acids is 1. The van der Waals surface area contributed by atoms with Crippen LogP contribution in [0.25, 0.3) is 0 Å². The summed E-state index contributed by atoms with van der Waals surface area (Å²) in [5.74, 6) is -1.21. The van der Waals surface area contributed by atoms with E-state index in [1.54, 1.807) is 0 Å². The Morgan fingerprint density at radius 1 is 1.13 bits per heavy atom. The SMILES string of the molecule is O=C(O)c1ccnc(CNCC(=O)N(Cl)CCCCN(Cc2ccccc2)C2CC2)c1. The quantitative estimate of drug-likeness (QED) is 0.364. The molecule has 1 saturated carbocycles. The number of nitrogens with zero attached hydrogens (tertiary/aromatic N) is 3. The molecule has 0 unspecified atom stereocenters. The predicted molar refractivity (Wildman–Crippen MR) is 120 cm³/mol. The second-order valence-corrected chi connectivity index (χ2v) is 8.23. The molecular formula is C23H29ClN4O3. The Labute approximate surface area is 188 Å². The highest BCUT2D eigenvalue weighted by atomic mass is 35.5. The average molecular weight is 445 g/mol. The predicted octanol–water partition coefficient (Wildman–Crippen LogP) is 3.30. The van der Waals surface area contributed by atoms with Gasteiger partial charge in [-0.05, 0) is 49.9 Å². The Bertz CT molecular complexity index is 861. The molecule has 0 aliphatic heterocycles. The summed E-state index contributed by atoms with van der Waals surface area (Å²) in [5, 5.41) is 12.0. The number of unbranched alkanes of at least 4 members (excludes halogenated alkanes) is 1. The zero-order valence-electron chi connectivity index (χ0n) is 17.5. The van der Waals surface area contributed by atoms with E-state index in [0.717, 1.165) is 25.9 Å². The van der Waals surface area contributed by atoms with Gasteiger partial charge in [0.05, 0.1) is 17.8 Å². The number of benzene rings is 1. The summed E-state index contributed by atoms with van der Waals surface area (Å²) in [6, 6.07) is 14.1. The first kappa shape index (κ1) is 23.2. The molecule has 1 aliphatic carbocycles. The number of carbonyl (C=O) groups is 2. The van der Waals surface area contributed by atoms with Crippen LogP contribution in [0.3, 0.4) is 0 Å². The zero-order chi connectivity index (χ0) is 22.1. The molecule has 31 heavy (non-hydrogen) atoms. The van der Waals surface area contributed by atoms with Crippen molar-refractivity contribution in [1.82, 2.24) is 19.6 Å². The van der Waals surface area contributed by atoms with Gasteiger partial charge in [-0.3, -0.25) is 19.1 Å². The Kier molecular flexibility index (Phi) is 8.82. The maximum absolute atomic E-state index is 12.2. The molecule has 0 spiro atoms. The van der Waals surface area contributed by atoms with Crippen molar-refractivity contribution in [3.63, 3.8) is 0 Å². The van der Waals surface area contributed by atoms with E-state index in [2.05, 4.69) is 39.5 Å². The Morgan fingerprint density at radius 2 is 1.87 bits per heavy atom. The second-order valence-electron chi connectivity index (χ2n) is 7.82. The largest absolute Gasteiger partial charge is 0.478 e. The molecule has 1 amide bonds. The van der Waals surface area contributed by atoms with Gasteiger partial charge in [-0.1, -0.05) is 30.3 Å². The Balaban J connectivity index is 1.32. The number of pyridine rings is 1. The third-order valence-corrected chi connectivity index (χ3v) is 5.62. The molecule has 0 radical (unpaired) electrons. The standard InChI is InChI=1S/C23H29ClN4O3/c24-28(22(29)16-25-15-20-14-19(23(30)31)10-11-26-20)13-5-4-12-27(21-8-9-21)17-18-6-2-1-3-7-18/h1-3,6-7,10-11,14,21,25H,4-5,8-9,12-13,15-17H2,(H,30,31). The van der Waals surface area contributed by atoms with Gasteiger partial charge in [0.2, 0.25) is 0 Å². The highest BCUT2D eigenvalue weighted by Crippen LogP contribution is 2.28. The molecule has 0 bridgehead atoms. The molecule has 7 nitrogen and oxygen atoms in total. The van der Waals surface area contributed by atoms with Crippen LogP contribution < -0.4 is 5.32 Å². The normalized spacial score (nSPS) is 13.4. The van der Waals surface area contributed by atoms with Crippen LogP contribution in [0, 0.1) is 0 Å². The first-order valence-electron chi connectivity index (χ1n) is 10.7. The van der Waals surface area contributed by atoms with Crippen LogP contribution in [0.5, 0.6) is 0 Å². The molecule has 166 valence electrons. The minimum absolute atomic E-state index is 0.0741. The van der Waals surface area contributed by atoms with E-state index in [0.29, 0.717) is 24.8 Å². The fourth-order valence-corrected chi connectivity index (χ4v) is 3.61. The number of aromatic nitrogens is 1. The molecule has 1 heterocycles. The van der Waals surface area contributed by atoms with Crippen molar-refractivity contribution in [3.05, 3.63) is 65.5 Å². The average Bonchev–Trinajstić information content (AvgIpc) is 3.62. The van der Waals surface area contributed by atoms with Gasteiger partial charge in [-0.25, -0.2) is 4.79 Å². The fraction of sp³-hybridized carbons (Fsp3) is 0.435. The number of rotatable bonds is 13. The minimum atomic E-state index is -1.00. The lowest BCUT2D eigenvalue weighted by molar-refractivity contribution is -0.125. The van der Waals surface area contributed by atoms with E-state index in [1.807, 2.05) is 6.07 Å². The van der Waals surface area contributed by atoms with Crippen molar-refractivity contribution in [3.8, 4) is 0 Å². The molecule has 1 aromatic heterocycles. The summed E-state index contributed by atoms with van der Waals surface area (Å²) in [4.78, 5) is 29.8. The lowest BCUT2D eigenvalue weighted by Crippen LogP contribution is -2.33. The van der Waals surface area contributed by atoms with Crippen molar-refractivity contribution in [2.24, 2.45) is 0 Å². The Morgan fingerprint density at radius 3 is 2.58 bits per heavy atom. The van der Waals surface area contributed by atoms with Gasteiger partial charge < -0.3 is 10.4 Å². The van der Waals surface area contributed by atoms with Gasteiger partial charge in [0.25, 0.3) is 5.91 Å². The van der Waals surface area contributed by atoms with Crippen molar-refractivity contribution in [1.29, 1.82) is 0 Å². The van der Waals surface area contributed by atoms with Crippen LogP contribution >= 0.6 is 11.8 Å². The van der Waals surface area contributed by atoms with E-state index in [-0.39, 0.29) is 18.0 Å². The van der Waals surface area contributed by atoms with Crippen molar-refractivity contribution in [2.45, 2.75) is 44.8 Å². The number of halogens is 1. The summed E-state index contributed by atoms with van der Waals surface area (Å²) < 4.78 is 1.23. The molecular weight excluding hydrogens is 416 g/mol. The van der Waals surface area contributed by atoms with Crippen LogP contribution in [0.2, 0.25) is 0 Å². The molecule has 2 aromatic rings. The smallest absolute Gasteiger partial charge is 0.335 e. The highest BCUT2D eigenvalue weighted by molar-refractivity contribution is 6.21. The monoisotopic (exact) mass is 444 g/mol. The number of carboxylic acid groups (broad SMARTS) is 1. The van der Waals surface area contributed by atoms with Gasteiger partial charge in [0, 0.05) is 43.6 Å². The fourth-order valence-electron chi connectivity index (χ4n) is 3.43. The zero-order valence-corrected chi connectivity index (χ0v) is 18.3. The summed E-state index contributed by atoms with van der Waals surface area (Å²) >= 11 is 6.14. The van der Waals surface area contributed by atoms with Crippen LogP contribution in [0.1, 0.15) is 47.3 Å². The molecule has 8 heteroatoms. The Hall–Kier alpha value is -2.48. The molecule has 1 aliphatic rings. The molecule has 0 saturated heterocycles. The van der Waals surface area contributed by atoms with Crippen LogP contribution in [0.15, 0.2) is 48.7 Å². The van der Waals surface area contributed by atoms with E-state index in [9.17, 15) is 9.59 Å². The minimum Gasteiger partial charge on any atom is -0.478 e. The van der Waals surface area contributed by atoms with Crippen LogP contribution in [0.4, 0.5) is 0 Å². The first-order valence-corrected chi connectivity index (χ1v) is 11.0. The maximum Gasteiger partial charge on any atom is 0.335 e. The number of nitrogens with one attached hydrogen (secondary N) is 1. The van der Waals surface area contributed by atoms with Gasteiger partial charge >= 0.3 is 5.97 Å². The van der Waals surface area contributed by atoms with E-state index in [1.165, 1.54) is 41.2 Å². The van der Waals surface area contributed by atoms with Crippen molar-refractivity contribution in [2.75, 3.05) is 19.6 Å². The summed E-state index contributed by atoms with van der Waals surface area (Å²) in [5.41, 5.74) is 2.06. The van der Waals surface area contributed by atoms with E-state index < -0.39 is 5.97 Å². The van der Waals surface area contributed by atoms with Gasteiger partial charge in [-0.2, -0.15) is 0 Å². The second kappa shape index (κ2) is 11.8. The van der Waals surface area contributed by atoms with Gasteiger partial charge in [0.15, 0.2) is 0 Å². The van der Waals surface area contributed by atoms with Gasteiger partial charge in [-0.15, -0.1) is 0 Å². The van der Waals surface area contributed by atoms with Crippen LogP contribution in [-0.4, -0.2) is 57.0 Å². The molecule has 0 atom stereocenters.